The number of carbonyl (C=O) groups is 1. The molecular weight excluding hydrogens is 254 g/mol. The summed E-state index contributed by atoms with van der Waals surface area (Å²) in [5, 5.41) is 3.21. The van der Waals surface area contributed by atoms with E-state index in [4.69, 9.17) is 9.47 Å². The fraction of sp³-hybridized carbons (Fsp3) is 0.562. The Kier molecular flexibility index (Phi) is 6.52. The molecule has 1 unspecified atom stereocenters. The smallest absolute Gasteiger partial charge is 0.330 e. The lowest BCUT2D eigenvalue weighted by atomic mass is 9.92. The van der Waals surface area contributed by atoms with Gasteiger partial charge in [0.2, 0.25) is 0 Å². The summed E-state index contributed by atoms with van der Waals surface area (Å²) in [5.74, 6) is 0.558. The molecule has 4 heteroatoms. The SMILES string of the molecule is CCCOc1ccc(C(C)(NCC)C(=O)OCC)cc1. The average Bonchev–Trinajstić information content (AvgIpc) is 2.46. The van der Waals surface area contributed by atoms with Crippen LogP contribution in [-0.4, -0.2) is 25.7 Å². The molecule has 4 nitrogen and oxygen atoms in total. The van der Waals surface area contributed by atoms with Crippen molar-refractivity contribution >= 4 is 5.97 Å². The van der Waals surface area contributed by atoms with Crippen molar-refractivity contribution in [1.29, 1.82) is 0 Å². The Balaban J connectivity index is 2.94. The largest absolute Gasteiger partial charge is 0.494 e. The average molecular weight is 279 g/mol. The highest BCUT2D eigenvalue weighted by Crippen LogP contribution is 2.25. The predicted molar refractivity (Wildman–Crippen MR) is 79.9 cm³/mol. The van der Waals surface area contributed by atoms with E-state index in [1.807, 2.05) is 45.0 Å². The number of rotatable bonds is 8. The highest BCUT2D eigenvalue weighted by atomic mass is 16.5. The molecule has 1 aromatic carbocycles. The van der Waals surface area contributed by atoms with Gasteiger partial charge >= 0.3 is 5.97 Å². The summed E-state index contributed by atoms with van der Waals surface area (Å²) in [6.07, 6.45) is 0.972. The minimum atomic E-state index is -0.825. The number of likely N-dealkylation sites (N-methyl/N-ethyl adjacent to an activating group) is 1. The first-order valence-electron chi connectivity index (χ1n) is 7.24. The Bertz CT molecular complexity index is 416. The molecule has 0 saturated carbocycles. The molecule has 1 N–H and O–H groups in total. The first-order valence-corrected chi connectivity index (χ1v) is 7.24. The van der Waals surface area contributed by atoms with Gasteiger partial charge in [-0.15, -0.1) is 0 Å². The van der Waals surface area contributed by atoms with Crippen molar-refractivity contribution in [3.05, 3.63) is 29.8 Å². The third kappa shape index (κ3) is 3.97. The molecule has 0 radical (unpaired) electrons. The highest BCUT2D eigenvalue weighted by Gasteiger charge is 2.35. The Morgan fingerprint density at radius 3 is 2.35 bits per heavy atom. The van der Waals surface area contributed by atoms with Gasteiger partial charge < -0.3 is 9.47 Å². The first kappa shape index (κ1) is 16.5. The summed E-state index contributed by atoms with van der Waals surface area (Å²) in [6, 6.07) is 7.59. The summed E-state index contributed by atoms with van der Waals surface area (Å²) >= 11 is 0. The molecule has 112 valence electrons. The van der Waals surface area contributed by atoms with Gasteiger partial charge in [-0.1, -0.05) is 26.0 Å². The summed E-state index contributed by atoms with van der Waals surface area (Å²) in [6.45, 7) is 9.44. The molecule has 0 bridgehead atoms. The zero-order chi connectivity index (χ0) is 15.0. The Hall–Kier alpha value is -1.55. The van der Waals surface area contributed by atoms with Crippen LogP contribution in [0.3, 0.4) is 0 Å². The number of nitrogens with one attached hydrogen (secondary N) is 1. The van der Waals surface area contributed by atoms with E-state index in [0.717, 1.165) is 17.7 Å². The Labute approximate surface area is 121 Å². The van der Waals surface area contributed by atoms with Crippen LogP contribution in [0.25, 0.3) is 0 Å². The van der Waals surface area contributed by atoms with Gasteiger partial charge in [0.15, 0.2) is 0 Å². The number of hydrogen-bond donors (Lipinski definition) is 1. The van der Waals surface area contributed by atoms with E-state index in [1.165, 1.54) is 0 Å². The molecule has 0 fully saturated rings. The van der Waals surface area contributed by atoms with E-state index < -0.39 is 5.54 Å². The predicted octanol–water partition coefficient (Wildman–Crippen LogP) is 2.86. The van der Waals surface area contributed by atoms with Crippen LogP contribution in [0.15, 0.2) is 24.3 Å². The molecule has 20 heavy (non-hydrogen) atoms. The number of carbonyl (C=O) groups excluding carboxylic acids is 1. The van der Waals surface area contributed by atoms with Crippen molar-refractivity contribution < 1.29 is 14.3 Å². The van der Waals surface area contributed by atoms with E-state index in [9.17, 15) is 4.79 Å². The van der Waals surface area contributed by atoms with Crippen molar-refractivity contribution in [1.82, 2.24) is 5.32 Å². The second kappa shape index (κ2) is 7.90. The molecule has 0 spiro atoms. The van der Waals surface area contributed by atoms with Gasteiger partial charge in [0.25, 0.3) is 0 Å². The molecule has 0 heterocycles. The Morgan fingerprint density at radius 1 is 1.20 bits per heavy atom. The van der Waals surface area contributed by atoms with Crippen molar-refractivity contribution in [2.45, 2.75) is 39.7 Å². The van der Waals surface area contributed by atoms with Crippen LogP contribution in [0, 0.1) is 0 Å². The quantitative estimate of drug-likeness (QED) is 0.743. The first-order chi connectivity index (χ1) is 9.58. The normalized spacial score (nSPS) is 13.6. The van der Waals surface area contributed by atoms with Crippen LogP contribution in [-0.2, 0) is 15.1 Å². The van der Waals surface area contributed by atoms with Crippen molar-refractivity contribution in [2.24, 2.45) is 0 Å². The van der Waals surface area contributed by atoms with Crippen LogP contribution in [0.5, 0.6) is 5.75 Å². The van der Waals surface area contributed by atoms with E-state index in [1.54, 1.807) is 0 Å². The van der Waals surface area contributed by atoms with Gasteiger partial charge in [0, 0.05) is 0 Å². The van der Waals surface area contributed by atoms with Crippen LogP contribution in [0.4, 0.5) is 0 Å². The van der Waals surface area contributed by atoms with Gasteiger partial charge in [0.05, 0.1) is 13.2 Å². The van der Waals surface area contributed by atoms with Crippen LogP contribution in [0.1, 0.15) is 39.7 Å². The maximum Gasteiger partial charge on any atom is 0.330 e. The number of ether oxygens (including phenoxy) is 2. The zero-order valence-corrected chi connectivity index (χ0v) is 12.9. The second-order valence-electron chi connectivity index (χ2n) is 4.75. The molecule has 0 amide bonds. The van der Waals surface area contributed by atoms with Gasteiger partial charge in [-0.05, 0) is 44.5 Å². The second-order valence-corrected chi connectivity index (χ2v) is 4.75. The van der Waals surface area contributed by atoms with Gasteiger partial charge in [-0.25, -0.2) is 4.79 Å². The lowest BCUT2D eigenvalue weighted by Crippen LogP contribution is -2.47. The van der Waals surface area contributed by atoms with Crippen LogP contribution < -0.4 is 10.1 Å². The fourth-order valence-electron chi connectivity index (χ4n) is 2.03. The number of hydrogen-bond acceptors (Lipinski definition) is 4. The third-order valence-electron chi connectivity index (χ3n) is 3.12. The maximum atomic E-state index is 12.2. The summed E-state index contributed by atoms with van der Waals surface area (Å²) in [5.41, 5.74) is 0.0512. The third-order valence-corrected chi connectivity index (χ3v) is 3.12. The monoisotopic (exact) mass is 279 g/mol. The molecule has 1 atom stereocenters. The molecule has 0 aromatic heterocycles. The van der Waals surface area contributed by atoms with Gasteiger partial charge in [0.1, 0.15) is 11.3 Å². The summed E-state index contributed by atoms with van der Waals surface area (Å²) in [4.78, 5) is 12.2. The Morgan fingerprint density at radius 2 is 1.85 bits per heavy atom. The molecule has 0 saturated heterocycles. The van der Waals surface area contributed by atoms with E-state index >= 15 is 0 Å². The minimum absolute atomic E-state index is 0.260. The molecule has 1 aromatic rings. The van der Waals surface area contributed by atoms with E-state index in [2.05, 4.69) is 12.2 Å². The summed E-state index contributed by atoms with van der Waals surface area (Å²) in [7, 11) is 0. The summed E-state index contributed by atoms with van der Waals surface area (Å²) < 4.78 is 10.7. The van der Waals surface area contributed by atoms with Gasteiger partial charge in [-0.3, -0.25) is 5.32 Å². The number of benzene rings is 1. The minimum Gasteiger partial charge on any atom is -0.494 e. The van der Waals surface area contributed by atoms with Gasteiger partial charge in [-0.2, -0.15) is 0 Å². The van der Waals surface area contributed by atoms with Crippen LogP contribution in [0.2, 0.25) is 0 Å². The van der Waals surface area contributed by atoms with Crippen molar-refractivity contribution in [2.75, 3.05) is 19.8 Å². The van der Waals surface area contributed by atoms with Crippen LogP contribution >= 0.6 is 0 Å². The molecular formula is C16H25NO3. The van der Waals surface area contributed by atoms with Crippen molar-refractivity contribution in [3.8, 4) is 5.75 Å². The topological polar surface area (TPSA) is 47.6 Å². The van der Waals surface area contributed by atoms with E-state index in [-0.39, 0.29) is 5.97 Å². The fourth-order valence-corrected chi connectivity index (χ4v) is 2.03. The standard InChI is InChI=1S/C16H25NO3/c1-5-12-20-14-10-8-13(9-11-14)16(4,17-6-2)15(18)19-7-3/h8-11,17H,5-7,12H2,1-4H3. The molecule has 0 aliphatic rings. The van der Waals surface area contributed by atoms with Crippen molar-refractivity contribution in [3.63, 3.8) is 0 Å². The lowest BCUT2D eigenvalue weighted by molar-refractivity contribution is -0.151. The highest BCUT2D eigenvalue weighted by molar-refractivity contribution is 5.82. The van der Waals surface area contributed by atoms with E-state index in [0.29, 0.717) is 19.8 Å². The lowest BCUT2D eigenvalue weighted by Gasteiger charge is -2.28. The maximum absolute atomic E-state index is 12.2. The number of esters is 1. The molecule has 1 rings (SSSR count). The zero-order valence-electron chi connectivity index (χ0n) is 12.9. The molecule has 0 aliphatic heterocycles. The molecule has 0 aliphatic carbocycles.